The first-order chi connectivity index (χ1) is 13.8. The van der Waals surface area contributed by atoms with Crippen molar-refractivity contribution in [2.45, 2.75) is 13.0 Å². The van der Waals surface area contributed by atoms with Crippen molar-refractivity contribution in [2.75, 3.05) is 51.8 Å². The van der Waals surface area contributed by atoms with Gasteiger partial charge in [0.1, 0.15) is 5.75 Å². The molecule has 0 bridgehead atoms. The molecule has 28 heavy (non-hydrogen) atoms. The van der Waals surface area contributed by atoms with Crippen LogP contribution in [0.3, 0.4) is 0 Å². The van der Waals surface area contributed by atoms with E-state index in [-0.39, 0.29) is 6.03 Å². The largest absolute Gasteiger partial charge is 0.491 e. The molecule has 0 aliphatic carbocycles. The van der Waals surface area contributed by atoms with Crippen LogP contribution in [-0.4, -0.2) is 62.3 Å². The molecule has 2 aromatic rings. The smallest absolute Gasteiger partial charge is 0.322 e. The van der Waals surface area contributed by atoms with Crippen LogP contribution in [0.5, 0.6) is 5.75 Å². The van der Waals surface area contributed by atoms with E-state index in [0.29, 0.717) is 24.7 Å². The quantitative estimate of drug-likeness (QED) is 0.710. The Labute approximate surface area is 167 Å². The fourth-order valence-electron chi connectivity index (χ4n) is 3.23. The highest BCUT2D eigenvalue weighted by Gasteiger charge is 2.21. The van der Waals surface area contributed by atoms with Crippen molar-refractivity contribution in [3.05, 3.63) is 60.2 Å². The Balaban J connectivity index is 1.48. The Morgan fingerprint density at radius 3 is 2.43 bits per heavy atom. The Morgan fingerprint density at radius 1 is 0.964 bits per heavy atom. The van der Waals surface area contributed by atoms with Gasteiger partial charge in [0.15, 0.2) is 0 Å². The summed E-state index contributed by atoms with van der Waals surface area (Å²) >= 11 is 0. The van der Waals surface area contributed by atoms with E-state index in [0.717, 1.165) is 39.1 Å². The van der Waals surface area contributed by atoms with E-state index in [2.05, 4.69) is 34.5 Å². The van der Waals surface area contributed by atoms with Crippen molar-refractivity contribution in [2.24, 2.45) is 0 Å². The van der Waals surface area contributed by atoms with Gasteiger partial charge in [0.2, 0.25) is 0 Å². The summed E-state index contributed by atoms with van der Waals surface area (Å²) in [6, 6.07) is 17.9. The van der Waals surface area contributed by atoms with Gasteiger partial charge in [-0.05, 0) is 17.7 Å². The Morgan fingerprint density at radius 2 is 1.68 bits per heavy atom. The van der Waals surface area contributed by atoms with Crippen LogP contribution in [0.25, 0.3) is 0 Å². The Bertz CT molecular complexity index is 731. The molecule has 1 saturated heterocycles. The number of benzene rings is 2. The first-order valence-corrected chi connectivity index (χ1v) is 9.79. The maximum Gasteiger partial charge on any atom is 0.322 e. The topological polar surface area (TPSA) is 54.0 Å². The molecule has 6 heteroatoms. The van der Waals surface area contributed by atoms with Crippen molar-refractivity contribution in [1.82, 2.24) is 9.80 Å². The molecule has 1 aliphatic heterocycles. The maximum absolute atomic E-state index is 12.7. The average molecular weight is 383 g/mol. The van der Waals surface area contributed by atoms with Crippen LogP contribution >= 0.6 is 0 Å². The third-order valence-electron chi connectivity index (χ3n) is 4.79. The van der Waals surface area contributed by atoms with Gasteiger partial charge in [-0.25, -0.2) is 4.79 Å². The van der Waals surface area contributed by atoms with E-state index in [9.17, 15) is 4.79 Å². The molecule has 2 aromatic carbocycles. The van der Waals surface area contributed by atoms with Gasteiger partial charge < -0.3 is 19.7 Å². The summed E-state index contributed by atoms with van der Waals surface area (Å²) in [7, 11) is 1.67. The maximum atomic E-state index is 12.7. The monoisotopic (exact) mass is 383 g/mol. The zero-order chi connectivity index (χ0) is 19.6. The second-order valence-corrected chi connectivity index (χ2v) is 6.87. The number of methoxy groups -OCH3 is 1. The number of ether oxygens (including phenoxy) is 2. The molecule has 1 aliphatic rings. The van der Waals surface area contributed by atoms with E-state index in [1.54, 1.807) is 7.11 Å². The Kier molecular flexibility index (Phi) is 7.70. The summed E-state index contributed by atoms with van der Waals surface area (Å²) < 4.78 is 10.8. The highest BCUT2D eigenvalue weighted by atomic mass is 16.5. The van der Waals surface area contributed by atoms with Crippen molar-refractivity contribution in [3.63, 3.8) is 0 Å². The molecule has 0 unspecified atom stereocenters. The van der Waals surface area contributed by atoms with Crippen LogP contribution in [0.4, 0.5) is 10.5 Å². The molecule has 0 radical (unpaired) electrons. The van der Waals surface area contributed by atoms with Crippen LogP contribution in [0.2, 0.25) is 0 Å². The zero-order valence-electron chi connectivity index (χ0n) is 16.5. The van der Waals surface area contributed by atoms with Crippen molar-refractivity contribution in [1.29, 1.82) is 0 Å². The first kappa shape index (κ1) is 20.2. The number of hydrogen-bond donors (Lipinski definition) is 1. The first-order valence-electron chi connectivity index (χ1n) is 9.79. The van der Waals surface area contributed by atoms with Gasteiger partial charge >= 0.3 is 6.03 Å². The lowest BCUT2D eigenvalue weighted by molar-refractivity contribution is 0.143. The third kappa shape index (κ3) is 5.97. The van der Waals surface area contributed by atoms with E-state index in [1.807, 2.05) is 35.2 Å². The fourth-order valence-corrected chi connectivity index (χ4v) is 3.23. The van der Waals surface area contributed by atoms with Gasteiger partial charge in [-0.15, -0.1) is 0 Å². The highest BCUT2D eigenvalue weighted by Crippen LogP contribution is 2.24. The summed E-state index contributed by atoms with van der Waals surface area (Å²) in [6.45, 7) is 5.31. The fraction of sp³-hybridized carbons (Fsp3) is 0.409. The number of amides is 2. The number of carbonyl (C=O) groups excluding carboxylic acids is 1. The molecule has 0 spiro atoms. The zero-order valence-corrected chi connectivity index (χ0v) is 16.5. The number of carbonyl (C=O) groups is 1. The molecule has 1 heterocycles. The van der Waals surface area contributed by atoms with Crippen molar-refractivity contribution in [3.8, 4) is 5.75 Å². The predicted octanol–water partition coefficient (Wildman–Crippen LogP) is 3.45. The van der Waals surface area contributed by atoms with E-state index in [4.69, 9.17) is 9.47 Å². The lowest BCUT2D eigenvalue weighted by atomic mass is 10.2. The summed E-state index contributed by atoms with van der Waals surface area (Å²) in [6.07, 6.45) is 0.808. The molecule has 1 N–H and O–H groups in total. The van der Waals surface area contributed by atoms with Gasteiger partial charge in [-0.3, -0.25) is 4.90 Å². The van der Waals surface area contributed by atoms with E-state index in [1.165, 1.54) is 5.56 Å². The molecule has 0 aromatic heterocycles. The lowest BCUT2D eigenvalue weighted by Crippen LogP contribution is -2.49. The summed E-state index contributed by atoms with van der Waals surface area (Å²) in [5.74, 6) is 0.690. The SMILES string of the molecule is COCCCOc1ccccc1NC(=O)N1CCN(Cc2ccccc2)CC1. The van der Waals surface area contributed by atoms with Crippen LogP contribution in [0, 0.1) is 0 Å². The molecular weight excluding hydrogens is 354 g/mol. The minimum Gasteiger partial charge on any atom is -0.491 e. The van der Waals surface area contributed by atoms with Crippen LogP contribution < -0.4 is 10.1 Å². The molecule has 3 rings (SSSR count). The minimum atomic E-state index is -0.0766. The number of piperazine rings is 1. The van der Waals surface area contributed by atoms with Gasteiger partial charge in [0, 0.05) is 52.9 Å². The highest BCUT2D eigenvalue weighted by molar-refractivity contribution is 5.91. The number of rotatable bonds is 8. The molecule has 0 saturated carbocycles. The van der Waals surface area contributed by atoms with Gasteiger partial charge in [0.25, 0.3) is 0 Å². The van der Waals surface area contributed by atoms with Crippen molar-refractivity contribution < 1.29 is 14.3 Å². The second kappa shape index (κ2) is 10.7. The van der Waals surface area contributed by atoms with Gasteiger partial charge in [-0.1, -0.05) is 42.5 Å². The number of anilines is 1. The van der Waals surface area contributed by atoms with Gasteiger partial charge in [0.05, 0.1) is 12.3 Å². The van der Waals surface area contributed by atoms with Crippen LogP contribution in [-0.2, 0) is 11.3 Å². The molecule has 2 amide bonds. The molecular formula is C22H29N3O3. The lowest BCUT2D eigenvalue weighted by Gasteiger charge is -2.34. The standard InChI is InChI=1S/C22H29N3O3/c1-27-16-7-17-28-21-11-6-5-10-20(21)23-22(26)25-14-12-24(13-15-25)18-19-8-3-2-4-9-19/h2-6,8-11H,7,12-18H2,1H3,(H,23,26). The summed E-state index contributed by atoms with van der Waals surface area (Å²) in [5, 5.41) is 3.00. The molecule has 0 atom stereocenters. The number of nitrogens with zero attached hydrogens (tertiary/aromatic N) is 2. The van der Waals surface area contributed by atoms with E-state index < -0.39 is 0 Å². The molecule has 1 fully saturated rings. The number of para-hydroxylation sites is 2. The number of nitrogens with one attached hydrogen (secondary N) is 1. The normalized spacial score (nSPS) is 14.7. The third-order valence-corrected chi connectivity index (χ3v) is 4.79. The van der Waals surface area contributed by atoms with Crippen molar-refractivity contribution >= 4 is 11.7 Å². The van der Waals surface area contributed by atoms with Gasteiger partial charge in [-0.2, -0.15) is 0 Å². The number of hydrogen-bond acceptors (Lipinski definition) is 4. The predicted molar refractivity (Wildman–Crippen MR) is 111 cm³/mol. The molecule has 150 valence electrons. The van der Waals surface area contributed by atoms with Crippen LogP contribution in [0.15, 0.2) is 54.6 Å². The average Bonchev–Trinajstić information content (AvgIpc) is 2.73. The summed E-state index contributed by atoms with van der Waals surface area (Å²) in [5.41, 5.74) is 2.01. The second-order valence-electron chi connectivity index (χ2n) is 6.87. The minimum absolute atomic E-state index is 0.0766. The number of urea groups is 1. The molecule has 6 nitrogen and oxygen atoms in total. The van der Waals surface area contributed by atoms with Crippen LogP contribution in [0.1, 0.15) is 12.0 Å². The van der Waals surface area contributed by atoms with E-state index >= 15 is 0 Å². The Hall–Kier alpha value is -2.57. The summed E-state index contributed by atoms with van der Waals surface area (Å²) in [4.78, 5) is 16.9.